The van der Waals surface area contributed by atoms with Crippen molar-refractivity contribution in [3.05, 3.63) is 230 Å². The van der Waals surface area contributed by atoms with E-state index in [0.29, 0.717) is 0 Å². The van der Waals surface area contributed by atoms with Crippen LogP contribution in [-0.4, -0.2) is 4.40 Å². The molecule has 8 aliphatic carbocycles. The molecule has 3 nitrogen and oxygen atoms in total. The molecule has 0 saturated heterocycles. The van der Waals surface area contributed by atoms with Crippen molar-refractivity contribution in [2.45, 2.75) is 150 Å². The van der Waals surface area contributed by atoms with Crippen molar-refractivity contribution in [1.29, 1.82) is 10.5 Å². The Morgan fingerprint density at radius 2 is 0.723 bits per heavy atom. The summed E-state index contributed by atoms with van der Waals surface area (Å²) in [6.07, 6.45) is 16.3. The van der Waals surface area contributed by atoms with Gasteiger partial charge in [0, 0.05) is 21.5 Å². The first-order valence-electron chi connectivity index (χ1n) is 31.5. The van der Waals surface area contributed by atoms with Gasteiger partial charge in [-0.3, -0.25) is 0 Å². The molecule has 11 aromatic rings. The van der Waals surface area contributed by atoms with E-state index in [1.165, 1.54) is 177 Å². The zero-order valence-electron chi connectivity index (χ0n) is 48.2. The lowest BCUT2D eigenvalue weighted by Crippen LogP contribution is -2.40. The average Bonchev–Trinajstić information content (AvgIpc) is 1.50. The van der Waals surface area contributed by atoms with Crippen molar-refractivity contribution >= 4 is 38.1 Å². The van der Waals surface area contributed by atoms with Gasteiger partial charge in [-0.25, -0.2) is 0 Å². The smallest absolute Gasteiger partial charge is 0.0995 e. The van der Waals surface area contributed by atoms with Crippen molar-refractivity contribution in [2.75, 3.05) is 0 Å². The molecule has 2 saturated carbocycles. The first-order valence-corrected chi connectivity index (χ1v) is 31.5. The molecule has 19 rings (SSSR count). The maximum atomic E-state index is 11.9. The van der Waals surface area contributed by atoms with Gasteiger partial charge in [0.05, 0.1) is 50.6 Å². The van der Waals surface area contributed by atoms with Gasteiger partial charge in [0.25, 0.3) is 0 Å². The summed E-state index contributed by atoms with van der Waals surface area (Å²) >= 11 is 0. The Balaban J connectivity index is 1.08. The summed E-state index contributed by atoms with van der Waals surface area (Å²) in [6.45, 7) is 10.00. The second-order valence-corrected chi connectivity index (χ2v) is 28.4. The molecule has 4 spiro atoms. The Morgan fingerprint density at radius 1 is 0.337 bits per heavy atom. The normalized spacial score (nSPS) is 20.2. The quantitative estimate of drug-likeness (QED) is 0.152. The van der Waals surface area contributed by atoms with Gasteiger partial charge in [-0.15, -0.1) is 0 Å². The van der Waals surface area contributed by atoms with Crippen LogP contribution in [0, 0.1) is 22.7 Å². The van der Waals surface area contributed by atoms with Gasteiger partial charge in [-0.1, -0.05) is 188 Å². The van der Waals surface area contributed by atoms with Crippen LogP contribution in [0.25, 0.3) is 82.6 Å². The highest BCUT2D eigenvalue weighted by Gasteiger charge is 2.58. The van der Waals surface area contributed by atoms with Gasteiger partial charge in [0.15, 0.2) is 0 Å². The highest BCUT2D eigenvalue weighted by atomic mass is 14.9. The predicted octanol–water partition coefficient (Wildman–Crippen LogP) is 19.8. The fourth-order valence-corrected chi connectivity index (χ4v) is 20.8. The number of hydrogen-bond acceptors (Lipinski definition) is 2. The third kappa shape index (κ3) is 5.26. The lowest BCUT2D eigenvalue weighted by atomic mass is 9.55. The number of benzene rings is 9. The molecule has 3 heteroatoms. The maximum absolute atomic E-state index is 11.9. The minimum absolute atomic E-state index is 0.0184. The van der Waals surface area contributed by atoms with E-state index in [1.54, 1.807) is 0 Å². The van der Waals surface area contributed by atoms with Crippen LogP contribution in [0.4, 0.5) is 0 Å². The fourth-order valence-electron chi connectivity index (χ4n) is 20.8. The Bertz CT molecular complexity index is 4820. The molecule has 2 fully saturated rings. The van der Waals surface area contributed by atoms with Crippen LogP contribution < -0.4 is 0 Å². The predicted molar refractivity (Wildman–Crippen MR) is 337 cm³/mol. The molecular formula is C80H65N3. The summed E-state index contributed by atoms with van der Waals surface area (Å²) in [5, 5.41) is 28.9. The van der Waals surface area contributed by atoms with Gasteiger partial charge in [-0.2, -0.15) is 10.5 Å². The Kier molecular flexibility index (Phi) is 8.82. The standard InChI is InChI=1S/C80H65N3/c1-75(2)35-37-77(31-17-5-18-32-77)69-46(44-81)39-64-66(72(69)75)56-41-55-54-43-62-53(52-25-11-14-28-59(52)79(62)57-26-12-7-21-48(57)49-22-8-13-27-58(49)79)42-63(54)80(60-29-15-9-23-50(60)51-24-10-16-30-61(51)80)71(55)68-67-65(83(64)74(56)68)40-47(45-82)70-73(67)76(3,4)36-38-78(70)33-19-6-20-34-78/h7-16,21-30,39-43H,5-6,17-20,31-38H2,1-4H3. The number of aromatic nitrogens is 1. The Hall–Kier alpha value is -8.24. The van der Waals surface area contributed by atoms with Crippen molar-refractivity contribution < 1.29 is 0 Å². The van der Waals surface area contributed by atoms with E-state index in [0.717, 1.165) is 73.5 Å². The van der Waals surface area contributed by atoms with E-state index in [9.17, 15) is 10.5 Å². The van der Waals surface area contributed by atoms with Gasteiger partial charge in [0.2, 0.25) is 0 Å². The Morgan fingerprint density at radius 3 is 1.18 bits per heavy atom. The molecule has 2 heterocycles. The number of nitriles is 2. The highest BCUT2D eigenvalue weighted by molar-refractivity contribution is 6.29. The molecule has 0 bridgehead atoms. The SMILES string of the molecule is CC1(C)CCC2(CCCCC2)c2c(C#N)cc3c(c21)c1cc2c(c4c5c6c(c(C#N)cc5n3c14)C1(CCCCC1)CCC6(C)C)C1(c3ccccc3-c3ccccc31)c1cc3c(cc1-2)C1(c2ccccc2-c2ccccc21)c1ccccc1-3. The zero-order valence-corrected chi connectivity index (χ0v) is 48.2. The number of hydrogen-bond donors (Lipinski definition) is 0. The molecule has 0 amide bonds. The summed E-state index contributed by atoms with van der Waals surface area (Å²) in [5.41, 5.74) is 30.5. The van der Waals surface area contributed by atoms with Crippen LogP contribution in [0.3, 0.4) is 0 Å². The third-order valence-electron chi connectivity index (χ3n) is 24.0. The second kappa shape index (κ2) is 15.5. The first kappa shape index (κ1) is 47.3. The second-order valence-electron chi connectivity index (χ2n) is 28.4. The van der Waals surface area contributed by atoms with E-state index < -0.39 is 10.8 Å². The summed E-state index contributed by atoms with van der Waals surface area (Å²) in [4.78, 5) is 0. The van der Waals surface area contributed by atoms with Crippen molar-refractivity contribution in [3.63, 3.8) is 0 Å². The van der Waals surface area contributed by atoms with Crippen molar-refractivity contribution in [1.82, 2.24) is 4.40 Å². The summed E-state index contributed by atoms with van der Waals surface area (Å²) in [7, 11) is 0. The summed E-state index contributed by atoms with van der Waals surface area (Å²) in [5.74, 6) is 0. The number of rotatable bonds is 0. The molecule has 0 N–H and O–H groups in total. The molecule has 0 atom stereocenters. The molecule has 8 aliphatic rings. The van der Waals surface area contributed by atoms with Crippen LogP contribution in [0.2, 0.25) is 0 Å². The summed E-state index contributed by atoms with van der Waals surface area (Å²) < 4.78 is 2.63. The van der Waals surface area contributed by atoms with Crippen LogP contribution in [0.5, 0.6) is 0 Å². The fraction of sp³-hybridized carbons (Fsp3) is 0.300. The van der Waals surface area contributed by atoms with Gasteiger partial charge >= 0.3 is 0 Å². The summed E-state index contributed by atoms with van der Waals surface area (Å²) in [6, 6.07) is 65.4. The molecular weight excluding hydrogens is 1000 g/mol. The molecule has 400 valence electrons. The van der Waals surface area contributed by atoms with Crippen LogP contribution in [0.15, 0.2) is 152 Å². The molecule has 2 aromatic heterocycles. The van der Waals surface area contributed by atoms with E-state index in [1.807, 2.05) is 0 Å². The molecule has 9 aromatic carbocycles. The Labute approximate surface area is 486 Å². The van der Waals surface area contributed by atoms with Crippen LogP contribution in [-0.2, 0) is 32.5 Å². The lowest BCUT2D eigenvalue weighted by molar-refractivity contribution is 0.223. The minimum atomic E-state index is -0.694. The average molecular weight is 1070 g/mol. The van der Waals surface area contributed by atoms with Gasteiger partial charge in [-0.05, 0) is 215 Å². The van der Waals surface area contributed by atoms with E-state index in [-0.39, 0.29) is 21.7 Å². The monoisotopic (exact) mass is 1070 g/mol. The number of fused-ring (bicyclic) bond motifs is 33. The lowest BCUT2D eigenvalue weighted by Gasteiger charge is -2.48. The number of nitrogens with zero attached hydrogens (tertiary/aromatic N) is 3. The van der Waals surface area contributed by atoms with Crippen LogP contribution >= 0.6 is 0 Å². The first-order chi connectivity index (χ1) is 40.5. The molecule has 0 aliphatic heterocycles. The molecule has 0 radical (unpaired) electrons. The zero-order chi connectivity index (χ0) is 55.3. The largest absolute Gasteiger partial charge is 0.308 e. The minimum Gasteiger partial charge on any atom is -0.308 e. The van der Waals surface area contributed by atoms with E-state index in [2.05, 4.69) is 196 Å². The van der Waals surface area contributed by atoms with Crippen molar-refractivity contribution in [3.8, 4) is 56.6 Å². The van der Waals surface area contributed by atoms with Gasteiger partial charge < -0.3 is 4.40 Å². The van der Waals surface area contributed by atoms with Crippen LogP contribution in [0.1, 0.15) is 195 Å². The van der Waals surface area contributed by atoms with E-state index in [4.69, 9.17) is 0 Å². The molecule has 83 heavy (non-hydrogen) atoms. The molecule has 0 unspecified atom stereocenters. The van der Waals surface area contributed by atoms with Gasteiger partial charge in [0.1, 0.15) is 0 Å². The maximum Gasteiger partial charge on any atom is 0.0995 e. The topological polar surface area (TPSA) is 52.0 Å². The van der Waals surface area contributed by atoms with E-state index >= 15 is 0 Å². The highest BCUT2D eigenvalue weighted by Crippen LogP contribution is 2.71. The van der Waals surface area contributed by atoms with Crippen molar-refractivity contribution in [2.24, 2.45) is 0 Å². The third-order valence-corrected chi connectivity index (χ3v) is 24.0.